The zero-order chi connectivity index (χ0) is 24.2. The third kappa shape index (κ3) is 5.26. The number of thiophene rings is 1. The molecule has 3 N–H and O–H groups in total. The number of anilines is 6. The summed E-state index contributed by atoms with van der Waals surface area (Å²) in [6, 6.07) is 17.8. The molecule has 0 atom stereocenters. The van der Waals surface area contributed by atoms with Crippen molar-refractivity contribution in [2.24, 2.45) is 0 Å². The van der Waals surface area contributed by atoms with Crippen LogP contribution in [0.4, 0.5) is 34.5 Å². The number of piperazine rings is 1. The first-order chi connectivity index (χ1) is 17.1. The smallest absolute Gasteiger partial charge is 0.247 e. The highest BCUT2D eigenvalue weighted by molar-refractivity contribution is 7.17. The summed E-state index contributed by atoms with van der Waals surface area (Å²) in [4.78, 5) is 26.1. The lowest BCUT2D eigenvalue weighted by Crippen LogP contribution is -2.44. The van der Waals surface area contributed by atoms with Gasteiger partial charge < -0.3 is 25.8 Å². The van der Waals surface area contributed by atoms with Gasteiger partial charge in [0.15, 0.2) is 5.82 Å². The number of nitrogens with one attached hydrogen (secondary N) is 3. The minimum atomic E-state index is -0.273. The van der Waals surface area contributed by atoms with Crippen molar-refractivity contribution in [3.63, 3.8) is 0 Å². The normalized spacial score (nSPS) is 14.0. The average Bonchev–Trinajstić information content (AvgIpc) is 3.35. The second-order valence-corrected chi connectivity index (χ2v) is 9.27. The number of fused-ring (bicyclic) bond motifs is 1. The minimum Gasteiger partial charge on any atom is -0.369 e. The van der Waals surface area contributed by atoms with Gasteiger partial charge in [0, 0.05) is 37.6 Å². The Hall–Kier alpha value is -3.95. The second kappa shape index (κ2) is 10.1. The summed E-state index contributed by atoms with van der Waals surface area (Å²) in [5, 5.41) is 11.5. The van der Waals surface area contributed by atoms with Crippen LogP contribution in [-0.4, -0.2) is 54.0 Å². The van der Waals surface area contributed by atoms with Crippen LogP contribution in [-0.2, 0) is 4.79 Å². The Bertz CT molecular complexity index is 1340. The number of aromatic nitrogens is 2. The monoisotopic (exact) mass is 485 g/mol. The topological polar surface area (TPSA) is 85.4 Å². The van der Waals surface area contributed by atoms with E-state index in [2.05, 4.69) is 68.6 Å². The van der Waals surface area contributed by atoms with Crippen molar-refractivity contribution in [2.45, 2.75) is 0 Å². The maximum Gasteiger partial charge on any atom is 0.247 e. The molecule has 0 bridgehead atoms. The molecule has 1 fully saturated rings. The lowest BCUT2D eigenvalue weighted by molar-refractivity contribution is -0.111. The second-order valence-electron chi connectivity index (χ2n) is 8.36. The Balaban J connectivity index is 1.37. The number of para-hydroxylation sites is 2. The predicted molar refractivity (Wildman–Crippen MR) is 145 cm³/mol. The van der Waals surface area contributed by atoms with Crippen LogP contribution in [0.3, 0.4) is 0 Å². The summed E-state index contributed by atoms with van der Waals surface area (Å²) < 4.78 is 0.936. The molecule has 1 amide bonds. The Kier molecular flexibility index (Phi) is 6.60. The van der Waals surface area contributed by atoms with Gasteiger partial charge in [0.25, 0.3) is 0 Å². The average molecular weight is 486 g/mol. The Morgan fingerprint density at radius 3 is 2.46 bits per heavy atom. The molecule has 2 aromatic carbocycles. The van der Waals surface area contributed by atoms with Crippen molar-refractivity contribution in [2.75, 3.05) is 54.1 Å². The van der Waals surface area contributed by atoms with Crippen molar-refractivity contribution in [1.29, 1.82) is 0 Å². The summed E-state index contributed by atoms with van der Waals surface area (Å²) >= 11 is 1.56. The third-order valence-corrected chi connectivity index (χ3v) is 6.83. The maximum absolute atomic E-state index is 11.9. The summed E-state index contributed by atoms with van der Waals surface area (Å²) in [6.45, 7) is 7.74. The van der Waals surface area contributed by atoms with Gasteiger partial charge >= 0.3 is 0 Å². The minimum absolute atomic E-state index is 0.273. The number of hydrogen-bond acceptors (Lipinski definition) is 8. The third-order valence-electron chi connectivity index (χ3n) is 5.92. The number of nitrogens with zero attached hydrogens (tertiary/aromatic N) is 4. The van der Waals surface area contributed by atoms with Crippen molar-refractivity contribution in [3.05, 3.63) is 72.6 Å². The molecule has 5 rings (SSSR count). The predicted octanol–water partition coefficient (Wildman–Crippen LogP) is 5.05. The van der Waals surface area contributed by atoms with Gasteiger partial charge in [-0.25, -0.2) is 4.98 Å². The van der Waals surface area contributed by atoms with Crippen molar-refractivity contribution < 1.29 is 4.79 Å². The molecule has 0 unspecified atom stereocenters. The zero-order valence-corrected chi connectivity index (χ0v) is 20.3. The van der Waals surface area contributed by atoms with E-state index in [0.29, 0.717) is 17.5 Å². The number of benzene rings is 2. The molecule has 1 aliphatic rings. The number of carbonyl (C=O) groups is 1. The van der Waals surface area contributed by atoms with E-state index in [1.165, 1.54) is 11.8 Å². The Morgan fingerprint density at radius 1 is 0.971 bits per heavy atom. The van der Waals surface area contributed by atoms with Gasteiger partial charge in [0.1, 0.15) is 0 Å². The molecule has 3 heterocycles. The van der Waals surface area contributed by atoms with Crippen molar-refractivity contribution in [1.82, 2.24) is 14.9 Å². The number of likely N-dealkylation sites (N-methyl/N-ethyl adjacent to an activating group) is 1. The highest BCUT2D eigenvalue weighted by Crippen LogP contribution is 2.33. The summed E-state index contributed by atoms with van der Waals surface area (Å²) in [6.07, 6.45) is 1.25. The first-order valence-corrected chi connectivity index (χ1v) is 12.3. The van der Waals surface area contributed by atoms with E-state index in [-0.39, 0.29) is 5.91 Å². The van der Waals surface area contributed by atoms with E-state index in [4.69, 9.17) is 4.98 Å². The number of carbonyl (C=O) groups excluding carboxylic acids is 1. The molecular weight excluding hydrogens is 458 g/mol. The summed E-state index contributed by atoms with van der Waals surface area (Å²) in [7, 11) is 2.16. The van der Waals surface area contributed by atoms with E-state index < -0.39 is 0 Å². The molecule has 4 aromatic rings. The van der Waals surface area contributed by atoms with Gasteiger partial charge in [-0.1, -0.05) is 18.7 Å². The first-order valence-electron chi connectivity index (χ1n) is 11.4. The van der Waals surface area contributed by atoms with Crippen LogP contribution in [0.1, 0.15) is 0 Å². The van der Waals surface area contributed by atoms with Crippen LogP contribution in [0, 0.1) is 0 Å². The lowest BCUT2D eigenvalue weighted by Gasteiger charge is -2.34. The fourth-order valence-electron chi connectivity index (χ4n) is 3.97. The van der Waals surface area contributed by atoms with E-state index in [0.717, 1.165) is 47.8 Å². The molecule has 35 heavy (non-hydrogen) atoms. The van der Waals surface area contributed by atoms with Crippen LogP contribution in [0.25, 0.3) is 10.2 Å². The molecule has 0 radical (unpaired) electrons. The van der Waals surface area contributed by atoms with Gasteiger partial charge in [-0.3, -0.25) is 4.79 Å². The standard InChI is InChI=1S/C26H27N7OS/c1-3-23(34)28-20-6-4-5-7-21(20)29-25-24-22(12-17-35-24)30-26(31-25)27-18-8-10-19(11-9-18)33-15-13-32(2)14-16-33/h3-12,17H,1,13-16H2,2H3,(H,28,34)(H2,27,29,30,31). The van der Waals surface area contributed by atoms with Crippen molar-refractivity contribution in [3.8, 4) is 0 Å². The number of rotatable bonds is 7. The highest BCUT2D eigenvalue weighted by atomic mass is 32.1. The largest absolute Gasteiger partial charge is 0.369 e. The van der Waals surface area contributed by atoms with Crippen LogP contribution in [0.15, 0.2) is 72.6 Å². The lowest BCUT2D eigenvalue weighted by atomic mass is 10.2. The molecule has 178 valence electrons. The Labute approximate surface area is 208 Å². The first kappa shape index (κ1) is 22.8. The van der Waals surface area contributed by atoms with E-state index in [9.17, 15) is 4.79 Å². The van der Waals surface area contributed by atoms with Crippen molar-refractivity contribution >= 4 is 62.0 Å². The van der Waals surface area contributed by atoms with Gasteiger partial charge in [-0.2, -0.15) is 4.98 Å². The van der Waals surface area contributed by atoms with E-state index in [1.807, 2.05) is 35.7 Å². The Morgan fingerprint density at radius 2 is 1.71 bits per heavy atom. The van der Waals surface area contributed by atoms with Gasteiger partial charge in [0.2, 0.25) is 11.9 Å². The SMILES string of the molecule is C=CC(=O)Nc1ccccc1Nc1nc(Nc2ccc(N3CCN(C)CC3)cc2)nc2ccsc12. The molecule has 1 saturated heterocycles. The van der Waals surface area contributed by atoms with E-state index in [1.54, 1.807) is 11.3 Å². The number of hydrogen-bond donors (Lipinski definition) is 3. The molecule has 9 heteroatoms. The maximum atomic E-state index is 11.9. The van der Waals surface area contributed by atoms with Crippen LogP contribution >= 0.6 is 11.3 Å². The molecule has 1 aliphatic heterocycles. The van der Waals surface area contributed by atoms with Gasteiger partial charge in [-0.15, -0.1) is 11.3 Å². The molecular formula is C26H27N7OS. The van der Waals surface area contributed by atoms with Crippen LogP contribution < -0.4 is 20.9 Å². The number of amides is 1. The fourth-order valence-corrected chi connectivity index (χ4v) is 4.74. The van der Waals surface area contributed by atoms with Crippen LogP contribution in [0.5, 0.6) is 0 Å². The van der Waals surface area contributed by atoms with Gasteiger partial charge in [0.05, 0.1) is 21.6 Å². The summed E-state index contributed by atoms with van der Waals surface area (Å²) in [5.74, 6) is 0.894. The molecule has 0 aliphatic carbocycles. The fraction of sp³-hybridized carbons (Fsp3) is 0.192. The van der Waals surface area contributed by atoms with Crippen LogP contribution in [0.2, 0.25) is 0 Å². The molecule has 8 nitrogen and oxygen atoms in total. The van der Waals surface area contributed by atoms with Gasteiger partial charge in [-0.05, 0) is 61.0 Å². The molecule has 0 saturated carbocycles. The molecule has 2 aromatic heterocycles. The summed E-state index contributed by atoms with van der Waals surface area (Å²) in [5.41, 5.74) is 4.37. The quantitative estimate of drug-likeness (QED) is 0.316. The zero-order valence-electron chi connectivity index (χ0n) is 19.5. The highest BCUT2D eigenvalue weighted by Gasteiger charge is 2.15. The van der Waals surface area contributed by atoms with E-state index >= 15 is 0 Å². The molecule has 0 spiro atoms.